The number of halogens is 6. The first kappa shape index (κ1) is 10.4. The molecule has 12 heavy (non-hydrogen) atoms. The fraction of sp³-hybridized carbons (Fsp3) is 0. The molecule has 66 valence electrons. The molecule has 1 rings (SSSR count). The van der Waals surface area contributed by atoms with Crippen LogP contribution in [0.2, 0.25) is 10.0 Å². The molecule has 0 nitrogen and oxygen atoms in total. The summed E-state index contributed by atoms with van der Waals surface area (Å²) in [5.74, 6) is -3.53. The molecule has 0 radical (unpaired) electrons. The summed E-state index contributed by atoms with van der Waals surface area (Å²) in [6.45, 7) is 0. The summed E-state index contributed by atoms with van der Waals surface area (Å²) >= 11 is 11.7. The van der Waals surface area contributed by atoms with Gasteiger partial charge in [-0.25, -0.2) is 13.2 Å². The van der Waals surface area contributed by atoms with E-state index in [4.69, 9.17) is 23.2 Å². The maximum atomic E-state index is 12.8. The summed E-state index contributed by atoms with van der Waals surface area (Å²) in [6, 6.07) is 0. The van der Waals surface area contributed by atoms with Crippen molar-refractivity contribution in [1.29, 1.82) is 0 Å². The molecule has 0 fully saturated rings. The number of benzene rings is 1. The normalized spacial score (nSPS) is 10.5. The molecule has 1 aromatic carbocycles. The van der Waals surface area contributed by atoms with Gasteiger partial charge in [0.25, 0.3) is 0 Å². The molecule has 6 heteroatoms. The minimum Gasteiger partial charge on any atom is -0.204 e. The van der Waals surface area contributed by atoms with Gasteiger partial charge in [-0.3, -0.25) is 0 Å². The standard InChI is InChI=1S/C6Cl2F3I/c7-1-3(9)2(8)5(11)6(12)4(1)10. The van der Waals surface area contributed by atoms with Gasteiger partial charge in [-0.1, -0.05) is 23.2 Å². The van der Waals surface area contributed by atoms with Crippen molar-refractivity contribution in [3.63, 3.8) is 0 Å². The van der Waals surface area contributed by atoms with Gasteiger partial charge in [0.15, 0.2) is 17.5 Å². The van der Waals surface area contributed by atoms with E-state index in [9.17, 15) is 13.2 Å². The average Bonchev–Trinajstić information content (AvgIpc) is 2.08. The molecule has 0 saturated heterocycles. The maximum Gasteiger partial charge on any atom is 0.166 e. The van der Waals surface area contributed by atoms with Gasteiger partial charge in [-0.2, -0.15) is 0 Å². The van der Waals surface area contributed by atoms with Crippen LogP contribution in [0.1, 0.15) is 0 Å². The van der Waals surface area contributed by atoms with Gasteiger partial charge in [0.1, 0.15) is 10.0 Å². The van der Waals surface area contributed by atoms with Crippen molar-refractivity contribution in [2.24, 2.45) is 0 Å². The highest BCUT2D eigenvalue weighted by Gasteiger charge is 2.20. The molecule has 0 spiro atoms. The first-order valence-corrected chi connectivity index (χ1v) is 4.47. The van der Waals surface area contributed by atoms with E-state index in [1.165, 1.54) is 22.6 Å². The zero-order valence-corrected chi connectivity index (χ0v) is 8.94. The second-order valence-corrected chi connectivity index (χ2v) is 3.72. The summed E-state index contributed by atoms with van der Waals surface area (Å²) in [6.07, 6.45) is 0. The molecule has 0 N–H and O–H groups in total. The van der Waals surface area contributed by atoms with Gasteiger partial charge in [0.2, 0.25) is 0 Å². The van der Waals surface area contributed by atoms with Crippen LogP contribution in [0.3, 0.4) is 0 Å². The van der Waals surface area contributed by atoms with Crippen molar-refractivity contribution in [3.8, 4) is 0 Å². The van der Waals surface area contributed by atoms with Crippen molar-refractivity contribution < 1.29 is 13.2 Å². The summed E-state index contributed by atoms with van der Waals surface area (Å²) in [5.41, 5.74) is 0. The fourth-order valence-corrected chi connectivity index (χ4v) is 1.86. The minimum absolute atomic E-state index is 0.413. The molecule has 0 atom stereocenters. The molecule has 0 aliphatic heterocycles. The molecule has 1 aromatic rings. The van der Waals surface area contributed by atoms with Crippen LogP contribution in [0.5, 0.6) is 0 Å². The lowest BCUT2D eigenvalue weighted by atomic mass is 10.3. The van der Waals surface area contributed by atoms with Crippen LogP contribution in [0.25, 0.3) is 0 Å². The Morgan fingerprint density at radius 2 is 1.17 bits per heavy atom. The van der Waals surface area contributed by atoms with E-state index >= 15 is 0 Å². The Bertz CT molecular complexity index is 235. The van der Waals surface area contributed by atoms with Crippen LogP contribution >= 0.6 is 45.8 Å². The van der Waals surface area contributed by atoms with E-state index < -0.39 is 31.1 Å². The smallest absolute Gasteiger partial charge is 0.166 e. The Labute approximate surface area is 89.8 Å². The quantitative estimate of drug-likeness (QED) is 0.384. The molecule has 0 bridgehead atoms. The second-order valence-electron chi connectivity index (χ2n) is 1.88. The molecule has 0 amide bonds. The SMILES string of the molecule is Fc1c(Cl)c(F)c(I)c(F)c1Cl. The lowest BCUT2D eigenvalue weighted by Crippen LogP contribution is -1.95. The number of hydrogen-bond acceptors (Lipinski definition) is 0. The van der Waals surface area contributed by atoms with Gasteiger partial charge in [-0.15, -0.1) is 0 Å². The van der Waals surface area contributed by atoms with E-state index in [1.807, 2.05) is 0 Å². The van der Waals surface area contributed by atoms with Crippen LogP contribution < -0.4 is 0 Å². The van der Waals surface area contributed by atoms with E-state index in [-0.39, 0.29) is 0 Å². The van der Waals surface area contributed by atoms with Gasteiger partial charge < -0.3 is 0 Å². The zero-order valence-electron chi connectivity index (χ0n) is 5.27. The maximum absolute atomic E-state index is 12.8. The van der Waals surface area contributed by atoms with E-state index in [1.54, 1.807) is 0 Å². The average molecular weight is 327 g/mol. The van der Waals surface area contributed by atoms with Gasteiger partial charge in [0.05, 0.1) is 3.57 Å². The Morgan fingerprint density at radius 1 is 0.833 bits per heavy atom. The van der Waals surface area contributed by atoms with E-state index in [0.29, 0.717) is 0 Å². The first-order valence-electron chi connectivity index (χ1n) is 2.63. The Balaban J connectivity index is 3.60. The van der Waals surface area contributed by atoms with Crippen LogP contribution in [-0.4, -0.2) is 0 Å². The lowest BCUT2D eigenvalue weighted by Gasteiger charge is -2.03. The van der Waals surface area contributed by atoms with Crippen LogP contribution in [0, 0.1) is 21.0 Å². The Kier molecular flexibility index (Phi) is 3.11. The van der Waals surface area contributed by atoms with Crippen molar-refractivity contribution >= 4 is 45.8 Å². The number of hydrogen-bond donors (Lipinski definition) is 0. The van der Waals surface area contributed by atoms with Crippen LogP contribution in [0.4, 0.5) is 13.2 Å². The molecule has 0 aliphatic rings. The van der Waals surface area contributed by atoms with Gasteiger partial charge >= 0.3 is 0 Å². The third kappa shape index (κ3) is 1.52. The molecular formula is C6Cl2F3I. The highest BCUT2D eigenvalue weighted by molar-refractivity contribution is 14.1. The lowest BCUT2D eigenvalue weighted by molar-refractivity contribution is 0.535. The molecule has 0 heterocycles. The fourth-order valence-electron chi connectivity index (χ4n) is 0.578. The van der Waals surface area contributed by atoms with Crippen LogP contribution in [-0.2, 0) is 0 Å². The molecule has 0 saturated carbocycles. The summed E-state index contributed by atoms with van der Waals surface area (Å²) in [5, 5.41) is -1.57. The van der Waals surface area contributed by atoms with Crippen molar-refractivity contribution in [3.05, 3.63) is 31.1 Å². The van der Waals surface area contributed by atoms with Gasteiger partial charge in [0, 0.05) is 0 Å². The third-order valence-electron chi connectivity index (χ3n) is 1.16. The van der Waals surface area contributed by atoms with Crippen molar-refractivity contribution in [1.82, 2.24) is 0 Å². The van der Waals surface area contributed by atoms with Crippen LogP contribution in [0.15, 0.2) is 0 Å². The molecule has 0 aromatic heterocycles. The molecular weight excluding hydrogens is 327 g/mol. The minimum atomic E-state index is -1.27. The second kappa shape index (κ2) is 3.59. The van der Waals surface area contributed by atoms with Crippen molar-refractivity contribution in [2.45, 2.75) is 0 Å². The molecule has 0 unspecified atom stereocenters. The summed E-state index contributed by atoms with van der Waals surface area (Å²) in [7, 11) is 0. The first-order chi connectivity index (χ1) is 5.46. The summed E-state index contributed by atoms with van der Waals surface area (Å²) < 4.78 is 37.8. The Hall–Kier alpha value is 0.320. The number of rotatable bonds is 0. The van der Waals surface area contributed by atoms with Gasteiger partial charge in [-0.05, 0) is 22.6 Å². The zero-order chi connectivity index (χ0) is 9.46. The monoisotopic (exact) mass is 326 g/mol. The van der Waals surface area contributed by atoms with E-state index in [2.05, 4.69) is 0 Å². The Morgan fingerprint density at radius 3 is 1.50 bits per heavy atom. The predicted molar refractivity (Wildman–Crippen MR) is 49.1 cm³/mol. The highest BCUT2D eigenvalue weighted by atomic mass is 127. The van der Waals surface area contributed by atoms with E-state index in [0.717, 1.165) is 0 Å². The third-order valence-corrected chi connectivity index (χ3v) is 2.77. The summed E-state index contributed by atoms with van der Waals surface area (Å²) in [4.78, 5) is 0. The highest BCUT2D eigenvalue weighted by Crippen LogP contribution is 2.32. The molecule has 0 aliphatic carbocycles. The van der Waals surface area contributed by atoms with Crippen molar-refractivity contribution in [2.75, 3.05) is 0 Å². The topological polar surface area (TPSA) is 0 Å². The largest absolute Gasteiger partial charge is 0.204 e. The predicted octanol–water partition coefficient (Wildman–Crippen LogP) is 4.02.